The third-order valence-corrected chi connectivity index (χ3v) is 4.02. The van der Waals surface area contributed by atoms with E-state index >= 15 is 0 Å². The van der Waals surface area contributed by atoms with E-state index in [2.05, 4.69) is 20.7 Å². The fourth-order valence-corrected chi connectivity index (χ4v) is 2.64. The molecule has 0 aliphatic carbocycles. The van der Waals surface area contributed by atoms with Crippen LogP contribution in [0, 0.1) is 0 Å². The third kappa shape index (κ3) is 3.93. The summed E-state index contributed by atoms with van der Waals surface area (Å²) >= 11 is 2.52. The number of thioether (sulfide) groups is 1. The Kier molecular flexibility index (Phi) is 4.38. The molecule has 2 aromatic heterocycles. The Morgan fingerprint density at radius 1 is 1.58 bits per heavy atom. The van der Waals surface area contributed by atoms with E-state index in [1.54, 1.807) is 6.07 Å². The highest BCUT2D eigenvalue weighted by molar-refractivity contribution is 8.01. The molecule has 19 heavy (non-hydrogen) atoms. The summed E-state index contributed by atoms with van der Waals surface area (Å²) in [5.41, 5.74) is 6.25. The maximum atomic E-state index is 11.7. The summed E-state index contributed by atoms with van der Waals surface area (Å²) in [6.45, 7) is 4.00. The summed E-state index contributed by atoms with van der Waals surface area (Å²) < 4.78 is 5.68. The van der Waals surface area contributed by atoms with Crippen molar-refractivity contribution in [3.05, 3.63) is 11.8 Å². The Balaban J connectivity index is 1.83. The lowest BCUT2D eigenvalue weighted by Gasteiger charge is -1.98. The Morgan fingerprint density at radius 3 is 2.95 bits per heavy atom. The molecule has 0 aliphatic rings. The van der Waals surface area contributed by atoms with Gasteiger partial charge in [0.1, 0.15) is 0 Å². The summed E-state index contributed by atoms with van der Waals surface area (Å²) in [6, 6.07) is 1.72. The zero-order valence-electron chi connectivity index (χ0n) is 10.4. The molecule has 0 aliphatic heterocycles. The van der Waals surface area contributed by atoms with Crippen LogP contribution in [-0.4, -0.2) is 27.0 Å². The van der Waals surface area contributed by atoms with E-state index in [0.717, 1.165) is 5.69 Å². The molecule has 2 rings (SSSR count). The Morgan fingerprint density at radius 2 is 2.37 bits per heavy atom. The largest absolute Gasteiger partial charge is 0.374 e. The van der Waals surface area contributed by atoms with Gasteiger partial charge in [-0.1, -0.05) is 42.1 Å². The summed E-state index contributed by atoms with van der Waals surface area (Å²) in [4.78, 5) is 11.7. The number of nitrogens with two attached hydrogens (primary N) is 1. The molecule has 0 saturated carbocycles. The quantitative estimate of drug-likeness (QED) is 0.812. The minimum Gasteiger partial charge on any atom is -0.374 e. The number of nitrogen functional groups attached to an aromatic ring is 1. The van der Waals surface area contributed by atoms with E-state index in [9.17, 15) is 4.79 Å². The van der Waals surface area contributed by atoms with Crippen LogP contribution in [0.2, 0.25) is 0 Å². The lowest BCUT2D eigenvalue weighted by atomic mass is 10.1. The number of rotatable bonds is 5. The summed E-state index contributed by atoms with van der Waals surface area (Å²) in [6.07, 6.45) is 0. The van der Waals surface area contributed by atoms with Crippen LogP contribution in [0.1, 0.15) is 25.5 Å². The molecule has 0 fully saturated rings. The molecule has 0 atom stereocenters. The lowest BCUT2D eigenvalue weighted by Crippen LogP contribution is -2.13. The molecule has 0 spiro atoms. The van der Waals surface area contributed by atoms with Crippen LogP contribution in [0.5, 0.6) is 0 Å². The van der Waals surface area contributed by atoms with Crippen LogP contribution in [0.15, 0.2) is 14.9 Å². The van der Waals surface area contributed by atoms with Gasteiger partial charge < -0.3 is 10.3 Å². The van der Waals surface area contributed by atoms with Gasteiger partial charge in [-0.25, -0.2) is 0 Å². The molecule has 9 heteroatoms. The van der Waals surface area contributed by atoms with Crippen LogP contribution >= 0.6 is 23.1 Å². The van der Waals surface area contributed by atoms with Gasteiger partial charge in [-0.2, -0.15) is 0 Å². The third-order valence-electron chi connectivity index (χ3n) is 2.13. The molecule has 0 unspecified atom stereocenters. The molecular formula is C10H13N5O2S2. The van der Waals surface area contributed by atoms with Crippen molar-refractivity contribution in [3.8, 4) is 0 Å². The van der Waals surface area contributed by atoms with Crippen molar-refractivity contribution in [2.75, 3.05) is 16.8 Å². The summed E-state index contributed by atoms with van der Waals surface area (Å²) in [5, 5.41) is 14.4. The van der Waals surface area contributed by atoms with Crippen molar-refractivity contribution in [2.45, 2.75) is 24.1 Å². The molecule has 3 N–H and O–H groups in total. The zero-order valence-corrected chi connectivity index (χ0v) is 12.0. The number of anilines is 2. The molecule has 0 bridgehead atoms. The molecule has 0 radical (unpaired) electrons. The van der Waals surface area contributed by atoms with Crippen molar-refractivity contribution >= 4 is 40.0 Å². The monoisotopic (exact) mass is 299 g/mol. The van der Waals surface area contributed by atoms with Gasteiger partial charge in [-0.3, -0.25) is 10.1 Å². The maximum Gasteiger partial charge on any atom is 0.237 e. The minimum absolute atomic E-state index is 0.190. The predicted molar refractivity (Wildman–Crippen MR) is 74.3 cm³/mol. The van der Waals surface area contributed by atoms with Crippen LogP contribution in [-0.2, 0) is 4.79 Å². The number of aromatic nitrogens is 3. The first kappa shape index (κ1) is 13.8. The SMILES string of the molecule is CC(C)c1cc(NC(=O)CSc2nnc(N)s2)on1. The first-order valence-corrected chi connectivity index (χ1v) is 7.33. The van der Waals surface area contributed by atoms with Gasteiger partial charge in [-0.15, -0.1) is 10.2 Å². The van der Waals surface area contributed by atoms with Gasteiger partial charge in [0.25, 0.3) is 0 Å². The first-order chi connectivity index (χ1) is 9.04. The van der Waals surface area contributed by atoms with Crippen molar-refractivity contribution in [1.29, 1.82) is 0 Å². The van der Waals surface area contributed by atoms with E-state index < -0.39 is 0 Å². The van der Waals surface area contributed by atoms with E-state index in [4.69, 9.17) is 10.3 Å². The second-order valence-corrected chi connectivity index (χ2v) is 6.25. The average Bonchev–Trinajstić information content (AvgIpc) is 2.96. The summed E-state index contributed by atoms with van der Waals surface area (Å²) in [7, 11) is 0. The summed E-state index contributed by atoms with van der Waals surface area (Å²) in [5.74, 6) is 0.635. The maximum absolute atomic E-state index is 11.7. The van der Waals surface area contributed by atoms with E-state index in [-0.39, 0.29) is 17.6 Å². The second kappa shape index (κ2) is 6.02. The molecule has 2 aromatic rings. The highest BCUT2D eigenvalue weighted by atomic mass is 32.2. The Bertz CT molecular complexity index is 566. The van der Waals surface area contributed by atoms with E-state index in [1.807, 2.05) is 13.8 Å². The number of hydrogen-bond donors (Lipinski definition) is 2. The van der Waals surface area contributed by atoms with Crippen LogP contribution in [0.3, 0.4) is 0 Å². The number of nitrogens with one attached hydrogen (secondary N) is 1. The first-order valence-electron chi connectivity index (χ1n) is 5.53. The van der Waals surface area contributed by atoms with Gasteiger partial charge in [0.05, 0.1) is 11.4 Å². The van der Waals surface area contributed by atoms with Gasteiger partial charge in [0.2, 0.25) is 16.9 Å². The van der Waals surface area contributed by atoms with Gasteiger partial charge >= 0.3 is 0 Å². The topological polar surface area (TPSA) is 107 Å². The molecule has 0 saturated heterocycles. The number of carbonyl (C=O) groups excluding carboxylic acids is 1. The number of nitrogens with zero attached hydrogens (tertiary/aromatic N) is 3. The van der Waals surface area contributed by atoms with Crippen molar-refractivity contribution in [1.82, 2.24) is 15.4 Å². The molecule has 1 amide bonds. The lowest BCUT2D eigenvalue weighted by molar-refractivity contribution is -0.113. The minimum atomic E-state index is -0.190. The highest BCUT2D eigenvalue weighted by Gasteiger charge is 2.11. The van der Waals surface area contributed by atoms with Gasteiger partial charge in [-0.05, 0) is 5.92 Å². The number of carbonyl (C=O) groups is 1. The molecule has 7 nitrogen and oxygen atoms in total. The van der Waals surface area contributed by atoms with Crippen LogP contribution in [0.25, 0.3) is 0 Å². The fourth-order valence-electron chi connectivity index (χ4n) is 1.20. The van der Waals surface area contributed by atoms with Gasteiger partial charge in [0, 0.05) is 6.07 Å². The van der Waals surface area contributed by atoms with E-state index in [1.165, 1.54) is 23.1 Å². The Hall–Kier alpha value is -1.61. The molecule has 0 aromatic carbocycles. The smallest absolute Gasteiger partial charge is 0.237 e. The van der Waals surface area contributed by atoms with Gasteiger partial charge in [0.15, 0.2) is 4.34 Å². The standard InChI is InChI=1S/C10H13N5O2S2/c1-5(2)6-3-8(17-15-6)12-7(16)4-18-10-14-13-9(11)19-10/h3,5H,4H2,1-2H3,(H2,11,13)(H,12,16). The molecular weight excluding hydrogens is 286 g/mol. The van der Waals surface area contributed by atoms with Crippen LogP contribution < -0.4 is 11.1 Å². The number of hydrogen-bond acceptors (Lipinski definition) is 8. The van der Waals surface area contributed by atoms with Crippen molar-refractivity contribution < 1.29 is 9.32 Å². The number of amides is 1. The highest BCUT2D eigenvalue weighted by Crippen LogP contribution is 2.23. The average molecular weight is 299 g/mol. The Labute approximate surface area is 118 Å². The van der Waals surface area contributed by atoms with Crippen molar-refractivity contribution in [2.24, 2.45) is 0 Å². The second-order valence-electron chi connectivity index (χ2n) is 4.01. The van der Waals surface area contributed by atoms with E-state index in [0.29, 0.717) is 15.4 Å². The van der Waals surface area contributed by atoms with Crippen molar-refractivity contribution in [3.63, 3.8) is 0 Å². The normalized spacial score (nSPS) is 10.9. The predicted octanol–water partition coefficient (Wildman–Crippen LogP) is 1.96. The van der Waals surface area contributed by atoms with Crippen LogP contribution in [0.4, 0.5) is 11.0 Å². The zero-order chi connectivity index (χ0) is 13.8. The molecule has 102 valence electrons. The fraction of sp³-hybridized carbons (Fsp3) is 0.400. The molecule has 2 heterocycles.